The molecule has 0 aromatic heterocycles. The van der Waals surface area contributed by atoms with Gasteiger partial charge in [-0.15, -0.1) is 0 Å². The molecule has 0 bridgehead atoms. The summed E-state index contributed by atoms with van der Waals surface area (Å²) in [6.45, 7) is 4.90. The zero-order chi connectivity index (χ0) is 13.5. The van der Waals surface area contributed by atoms with Crippen molar-refractivity contribution < 1.29 is 14.7 Å². The highest BCUT2D eigenvalue weighted by Crippen LogP contribution is 2.18. The van der Waals surface area contributed by atoms with E-state index in [2.05, 4.69) is 19.2 Å². The van der Waals surface area contributed by atoms with E-state index in [0.29, 0.717) is 25.9 Å². The topological polar surface area (TPSA) is 69.6 Å². The average Bonchev–Trinajstić information content (AvgIpc) is 2.39. The van der Waals surface area contributed by atoms with E-state index >= 15 is 0 Å². The second kappa shape index (κ2) is 7.36. The fourth-order valence-corrected chi connectivity index (χ4v) is 2.49. The van der Waals surface area contributed by atoms with Crippen LogP contribution in [0.4, 0.5) is 0 Å². The van der Waals surface area contributed by atoms with Crippen LogP contribution in [0.5, 0.6) is 0 Å². The van der Waals surface area contributed by atoms with Crippen LogP contribution < -0.4 is 5.32 Å². The molecule has 5 nitrogen and oxygen atoms in total. The van der Waals surface area contributed by atoms with E-state index < -0.39 is 0 Å². The predicted octanol–water partition coefficient (Wildman–Crippen LogP) is 0.522. The standard InChI is InChI=1S/C13H24N2O3/c1-3-11(4-2)15(7-8-16)13(18)10-5-6-12(17)14-9-10/h10-11,16H,3-9H2,1-2H3,(H,14,17). The van der Waals surface area contributed by atoms with E-state index in [-0.39, 0.29) is 30.4 Å². The largest absolute Gasteiger partial charge is 0.395 e. The van der Waals surface area contributed by atoms with Gasteiger partial charge in [-0.2, -0.15) is 0 Å². The summed E-state index contributed by atoms with van der Waals surface area (Å²) >= 11 is 0. The van der Waals surface area contributed by atoms with Crippen molar-refractivity contribution >= 4 is 11.8 Å². The number of nitrogens with one attached hydrogen (secondary N) is 1. The fourth-order valence-electron chi connectivity index (χ4n) is 2.49. The molecular weight excluding hydrogens is 232 g/mol. The Hall–Kier alpha value is -1.10. The van der Waals surface area contributed by atoms with Crippen LogP contribution in [-0.2, 0) is 9.59 Å². The first-order valence-electron chi connectivity index (χ1n) is 6.82. The Kier molecular flexibility index (Phi) is 6.12. The van der Waals surface area contributed by atoms with Gasteiger partial charge in [0.2, 0.25) is 11.8 Å². The molecule has 0 aromatic rings. The Morgan fingerprint density at radius 2 is 2.17 bits per heavy atom. The summed E-state index contributed by atoms with van der Waals surface area (Å²) in [6.07, 6.45) is 2.82. The highest BCUT2D eigenvalue weighted by atomic mass is 16.3. The number of piperidine rings is 1. The number of rotatable bonds is 6. The first-order chi connectivity index (χ1) is 8.63. The highest BCUT2D eigenvalue weighted by Gasteiger charge is 2.30. The fraction of sp³-hybridized carbons (Fsp3) is 0.846. The lowest BCUT2D eigenvalue weighted by atomic mass is 9.96. The molecule has 2 amide bonds. The Bertz CT molecular complexity index is 280. The van der Waals surface area contributed by atoms with Crippen molar-refractivity contribution in [2.24, 2.45) is 5.92 Å². The molecule has 2 N–H and O–H groups in total. The minimum absolute atomic E-state index is 0.0126. The van der Waals surface area contributed by atoms with Crippen LogP contribution in [0.25, 0.3) is 0 Å². The van der Waals surface area contributed by atoms with Crippen molar-refractivity contribution in [3.8, 4) is 0 Å². The van der Waals surface area contributed by atoms with E-state index in [0.717, 1.165) is 12.8 Å². The third kappa shape index (κ3) is 3.70. The van der Waals surface area contributed by atoms with E-state index in [1.165, 1.54) is 0 Å². The monoisotopic (exact) mass is 256 g/mol. The molecule has 1 atom stereocenters. The number of carbonyl (C=O) groups is 2. The number of hydrogen-bond acceptors (Lipinski definition) is 3. The lowest BCUT2D eigenvalue weighted by molar-refractivity contribution is -0.140. The maximum absolute atomic E-state index is 12.4. The Morgan fingerprint density at radius 3 is 2.61 bits per heavy atom. The van der Waals surface area contributed by atoms with E-state index in [9.17, 15) is 9.59 Å². The van der Waals surface area contributed by atoms with Gasteiger partial charge in [0.25, 0.3) is 0 Å². The first kappa shape index (κ1) is 15.0. The van der Waals surface area contributed by atoms with Crippen LogP contribution >= 0.6 is 0 Å². The van der Waals surface area contributed by atoms with Crippen LogP contribution in [0.1, 0.15) is 39.5 Å². The van der Waals surface area contributed by atoms with Crippen molar-refractivity contribution in [1.29, 1.82) is 0 Å². The summed E-state index contributed by atoms with van der Waals surface area (Å²) in [7, 11) is 0. The maximum Gasteiger partial charge on any atom is 0.227 e. The Balaban J connectivity index is 2.66. The van der Waals surface area contributed by atoms with Crippen molar-refractivity contribution in [3.05, 3.63) is 0 Å². The lowest BCUT2D eigenvalue weighted by Crippen LogP contribution is -2.49. The molecule has 0 spiro atoms. The van der Waals surface area contributed by atoms with Gasteiger partial charge >= 0.3 is 0 Å². The smallest absolute Gasteiger partial charge is 0.227 e. The van der Waals surface area contributed by atoms with Crippen molar-refractivity contribution in [1.82, 2.24) is 10.2 Å². The predicted molar refractivity (Wildman–Crippen MR) is 68.9 cm³/mol. The van der Waals surface area contributed by atoms with E-state index in [1.807, 2.05) is 0 Å². The minimum atomic E-state index is -0.130. The summed E-state index contributed by atoms with van der Waals surface area (Å²) in [4.78, 5) is 25.3. The molecule has 1 aliphatic heterocycles. The number of aliphatic hydroxyl groups excluding tert-OH is 1. The second-order valence-corrected chi connectivity index (χ2v) is 4.77. The van der Waals surface area contributed by atoms with Crippen LogP contribution in [0.2, 0.25) is 0 Å². The molecule has 1 saturated heterocycles. The molecule has 5 heteroatoms. The van der Waals surface area contributed by atoms with Crippen molar-refractivity contribution in [2.75, 3.05) is 19.7 Å². The Labute approximate surface area is 109 Å². The quantitative estimate of drug-likeness (QED) is 0.728. The zero-order valence-electron chi connectivity index (χ0n) is 11.3. The van der Waals surface area contributed by atoms with Gasteiger partial charge < -0.3 is 15.3 Å². The molecule has 0 saturated carbocycles. The van der Waals surface area contributed by atoms with Gasteiger partial charge in [-0.3, -0.25) is 9.59 Å². The molecule has 0 aliphatic carbocycles. The van der Waals surface area contributed by atoms with Crippen LogP contribution in [-0.4, -0.2) is 47.6 Å². The molecule has 1 fully saturated rings. The molecule has 1 unspecified atom stereocenters. The lowest BCUT2D eigenvalue weighted by Gasteiger charge is -2.34. The molecule has 0 aromatic carbocycles. The summed E-state index contributed by atoms with van der Waals surface area (Å²) in [5, 5.41) is 11.8. The molecule has 0 radical (unpaired) electrons. The average molecular weight is 256 g/mol. The Morgan fingerprint density at radius 1 is 1.50 bits per heavy atom. The number of amides is 2. The van der Waals surface area contributed by atoms with Gasteiger partial charge in [0.05, 0.1) is 12.5 Å². The normalized spacial score (nSPS) is 19.8. The van der Waals surface area contributed by atoms with E-state index in [4.69, 9.17) is 5.11 Å². The highest BCUT2D eigenvalue weighted by molar-refractivity contribution is 5.84. The number of nitrogens with zero attached hydrogens (tertiary/aromatic N) is 1. The van der Waals surface area contributed by atoms with Crippen molar-refractivity contribution in [2.45, 2.75) is 45.6 Å². The summed E-state index contributed by atoms with van der Waals surface area (Å²) < 4.78 is 0. The summed E-state index contributed by atoms with van der Waals surface area (Å²) in [5.41, 5.74) is 0. The van der Waals surface area contributed by atoms with Gasteiger partial charge in [-0.05, 0) is 19.3 Å². The summed E-state index contributed by atoms with van der Waals surface area (Å²) in [6, 6.07) is 0.183. The van der Waals surface area contributed by atoms with Crippen LogP contribution in [0.3, 0.4) is 0 Å². The maximum atomic E-state index is 12.4. The number of hydrogen-bond donors (Lipinski definition) is 2. The number of aliphatic hydroxyl groups is 1. The second-order valence-electron chi connectivity index (χ2n) is 4.77. The summed E-state index contributed by atoms with van der Waals surface area (Å²) in [5.74, 6) is -0.0390. The van der Waals surface area contributed by atoms with Crippen molar-refractivity contribution in [3.63, 3.8) is 0 Å². The SMILES string of the molecule is CCC(CC)N(CCO)C(=O)C1CCC(=O)NC1. The van der Waals surface area contributed by atoms with Gasteiger partial charge in [-0.25, -0.2) is 0 Å². The molecule has 18 heavy (non-hydrogen) atoms. The van der Waals surface area contributed by atoms with Gasteiger partial charge in [0.1, 0.15) is 0 Å². The first-order valence-corrected chi connectivity index (χ1v) is 6.82. The molecular formula is C13H24N2O3. The third-order valence-electron chi connectivity index (χ3n) is 3.62. The minimum Gasteiger partial charge on any atom is -0.395 e. The van der Waals surface area contributed by atoms with Gasteiger partial charge in [-0.1, -0.05) is 13.8 Å². The molecule has 1 rings (SSSR count). The van der Waals surface area contributed by atoms with Gasteiger partial charge in [0, 0.05) is 25.6 Å². The van der Waals surface area contributed by atoms with Crippen LogP contribution in [0, 0.1) is 5.92 Å². The number of carbonyl (C=O) groups excluding carboxylic acids is 2. The molecule has 104 valence electrons. The molecule has 1 aliphatic rings. The molecule has 1 heterocycles. The van der Waals surface area contributed by atoms with E-state index in [1.54, 1.807) is 4.90 Å². The third-order valence-corrected chi connectivity index (χ3v) is 3.62. The van der Waals surface area contributed by atoms with Crippen LogP contribution in [0.15, 0.2) is 0 Å². The zero-order valence-corrected chi connectivity index (χ0v) is 11.3. The van der Waals surface area contributed by atoms with Gasteiger partial charge in [0.15, 0.2) is 0 Å².